The van der Waals surface area contributed by atoms with Gasteiger partial charge in [-0.15, -0.1) is 0 Å². The minimum Gasteiger partial charge on any atom is -0.481 e. The summed E-state index contributed by atoms with van der Waals surface area (Å²) in [6, 6.07) is 18.5. The first kappa shape index (κ1) is 45.6. The molecule has 0 bridgehead atoms. The monoisotopic (exact) mass is 898 g/mol. The first-order chi connectivity index (χ1) is 29.9. The predicted octanol–water partition coefficient (Wildman–Crippen LogP) is 9.70. The van der Waals surface area contributed by atoms with Crippen LogP contribution in [0, 0.1) is 0 Å². The lowest BCUT2D eigenvalue weighted by molar-refractivity contribution is -0.120. The molecule has 13 nitrogen and oxygen atoms in total. The number of pyridine rings is 2. The lowest BCUT2D eigenvalue weighted by atomic mass is 9.89. The van der Waals surface area contributed by atoms with Crippen LogP contribution in [0.3, 0.4) is 0 Å². The highest BCUT2D eigenvalue weighted by Crippen LogP contribution is 2.43. The molecule has 0 saturated carbocycles. The third kappa shape index (κ3) is 10.9. The number of nitrogens with one attached hydrogen (secondary N) is 2. The fourth-order valence-corrected chi connectivity index (χ4v) is 9.07. The maximum atomic E-state index is 13.7. The van der Waals surface area contributed by atoms with E-state index in [1.807, 2.05) is 102 Å². The number of halogens is 2. The molecular formula is C48H56Cl2N6O7. The Morgan fingerprint density at radius 2 is 1.24 bits per heavy atom. The highest BCUT2D eigenvalue weighted by molar-refractivity contribution is 6.39. The molecule has 0 spiro atoms. The third-order valence-electron chi connectivity index (χ3n) is 11.3. The Morgan fingerprint density at radius 1 is 0.698 bits per heavy atom. The van der Waals surface area contributed by atoms with Crippen LogP contribution in [-0.2, 0) is 32.0 Å². The number of nitrogens with zero attached hydrogens (tertiary/aromatic N) is 4. The number of carbonyl (C=O) groups is 4. The molecule has 63 heavy (non-hydrogen) atoms. The van der Waals surface area contributed by atoms with Gasteiger partial charge in [0.25, 0.3) is 0 Å². The Labute approximate surface area is 379 Å². The number of amides is 4. The van der Waals surface area contributed by atoms with Gasteiger partial charge in [0.2, 0.25) is 17.7 Å². The van der Waals surface area contributed by atoms with Crippen molar-refractivity contribution in [3.05, 3.63) is 87.5 Å². The van der Waals surface area contributed by atoms with Crippen LogP contribution in [0.5, 0.6) is 5.88 Å². The number of methoxy groups -OCH3 is 1. The van der Waals surface area contributed by atoms with Gasteiger partial charge in [0.15, 0.2) is 0 Å². The fraction of sp³-hybridized carbons (Fsp3) is 0.458. The molecule has 7 rings (SSSR count). The average Bonchev–Trinajstić information content (AvgIpc) is 3.84. The van der Waals surface area contributed by atoms with Gasteiger partial charge in [-0.05, 0) is 97.4 Å². The zero-order valence-electron chi connectivity index (χ0n) is 37.0. The zero-order valence-corrected chi connectivity index (χ0v) is 38.5. The molecule has 2 saturated heterocycles. The maximum Gasteiger partial charge on any atom is 0.410 e. The summed E-state index contributed by atoms with van der Waals surface area (Å²) in [5.74, 6) is 0.271. The Balaban J connectivity index is 1.15. The van der Waals surface area contributed by atoms with Crippen LogP contribution in [0.1, 0.15) is 103 Å². The van der Waals surface area contributed by atoms with Crippen LogP contribution in [0.2, 0.25) is 10.0 Å². The van der Waals surface area contributed by atoms with E-state index in [1.54, 1.807) is 9.80 Å². The van der Waals surface area contributed by atoms with Gasteiger partial charge in [-0.2, -0.15) is 0 Å². The molecule has 4 amide bonds. The van der Waals surface area contributed by atoms with Crippen LogP contribution < -0.4 is 15.4 Å². The van der Waals surface area contributed by atoms with E-state index < -0.39 is 23.4 Å². The van der Waals surface area contributed by atoms with E-state index in [0.717, 1.165) is 36.1 Å². The minimum absolute atomic E-state index is 0.00740. The first-order valence-electron chi connectivity index (χ1n) is 21.6. The molecule has 4 heterocycles. The molecule has 3 aliphatic rings. The van der Waals surface area contributed by atoms with E-state index >= 15 is 0 Å². The minimum atomic E-state index is -0.713. The van der Waals surface area contributed by atoms with E-state index in [2.05, 4.69) is 10.6 Å². The van der Waals surface area contributed by atoms with Crippen molar-refractivity contribution in [1.29, 1.82) is 0 Å². The van der Waals surface area contributed by atoms with E-state index in [1.165, 1.54) is 7.11 Å². The zero-order chi connectivity index (χ0) is 45.2. The van der Waals surface area contributed by atoms with Gasteiger partial charge in [0.05, 0.1) is 41.1 Å². The lowest BCUT2D eigenvalue weighted by Gasteiger charge is -2.37. The van der Waals surface area contributed by atoms with Crippen molar-refractivity contribution in [2.24, 2.45) is 0 Å². The van der Waals surface area contributed by atoms with Gasteiger partial charge in [0, 0.05) is 71.5 Å². The van der Waals surface area contributed by atoms with Crippen molar-refractivity contribution in [3.8, 4) is 39.5 Å². The van der Waals surface area contributed by atoms with E-state index in [-0.39, 0.29) is 43.0 Å². The highest BCUT2D eigenvalue weighted by atomic mass is 35.5. The van der Waals surface area contributed by atoms with Gasteiger partial charge in [-0.1, -0.05) is 65.7 Å². The molecular weight excluding hydrogens is 843 g/mol. The molecule has 4 aromatic rings. The second-order valence-electron chi connectivity index (χ2n) is 18.4. The molecule has 15 heteroatoms. The molecule has 0 radical (unpaired) electrons. The third-order valence-corrected chi connectivity index (χ3v) is 12.1. The van der Waals surface area contributed by atoms with Crippen molar-refractivity contribution < 1.29 is 33.4 Å². The smallest absolute Gasteiger partial charge is 0.410 e. The predicted molar refractivity (Wildman–Crippen MR) is 243 cm³/mol. The van der Waals surface area contributed by atoms with Gasteiger partial charge in [-0.25, -0.2) is 14.6 Å². The number of ether oxygens (including phenoxy) is 3. The molecule has 0 unspecified atom stereocenters. The van der Waals surface area contributed by atoms with Crippen molar-refractivity contribution in [3.63, 3.8) is 0 Å². The van der Waals surface area contributed by atoms with E-state index in [9.17, 15) is 19.2 Å². The summed E-state index contributed by atoms with van der Waals surface area (Å²) in [5.41, 5.74) is 5.15. The summed E-state index contributed by atoms with van der Waals surface area (Å²) < 4.78 is 17.4. The van der Waals surface area contributed by atoms with Crippen LogP contribution in [0.15, 0.2) is 60.7 Å². The quantitative estimate of drug-likeness (QED) is 0.150. The lowest BCUT2D eigenvalue weighted by Crippen LogP contribution is -2.46. The van der Waals surface area contributed by atoms with Crippen molar-refractivity contribution in [2.45, 2.75) is 122 Å². The number of aromatic nitrogens is 2. The molecule has 2 aliphatic heterocycles. The number of benzene rings is 2. The van der Waals surface area contributed by atoms with Crippen LogP contribution >= 0.6 is 23.2 Å². The summed E-state index contributed by atoms with van der Waals surface area (Å²) in [6.45, 7) is 11.8. The molecule has 2 N–H and O–H groups in total. The SMILES string of the molecule is COc1nc(-c2cccc(-c3cccc(-c4ccc5c(n4)CCC[C@@H]5N(C[C@@H]4CCC(=O)N4)C(=O)OC(C)(C)C)c3Cl)c2Cl)ccc1CN(C[C@@H]1CCC(=O)N1)C(=O)OC(C)(C)C. The molecule has 3 atom stereocenters. The number of hydrogen-bond donors (Lipinski definition) is 2. The molecule has 2 fully saturated rings. The fourth-order valence-electron chi connectivity index (χ4n) is 8.42. The molecule has 1 aliphatic carbocycles. The second kappa shape index (κ2) is 18.8. The summed E-state index contributed by atoms with van der Waals surface area (Å²) >= 11 is 14.5. The van der Waals surface area contributed by atoms with Gasteiger partial charge in [-0.3, -0.25) is 19.5 Å². The maximum absolute atomic E-state index is 13.7. The Morgan fingerprint density at radius 3 is 1.79 bits per heavy atom. The summed E-state index contributed by atoms with van der Waals surface area (Å²) in [5, 5.41) is 6.86. The van der Waals surface area contributed by atoms with Gasteiger partial charge in [0.1, 0.15) is 11.2 Å². The van der Waals surface area contributed by atoms with Crippen LogP contribution in [-0.4, -0.2) is 87.3 Å². The molecule has 334 valence electrons. The number of rotatable bonds is 11. The van der Waals surface area contributed by atoms with Crippen molar-refractivity contribution >= 4 is 47.2 Å². The summed E-state index contributed by atoms with van der Waals surface area (Å²) in [7, 11) is 1.52. The standard InChI is InChI=1S/C48H56Cl2N6O7/c1-47(2,3)62-45(59)55(26-29-18-23-40(57)51-29)25-28-17-21-38(54-44(28)61-7)35-14-9-12-32(43(35)50)31-11-8-13-34(42(31)49)37-22-20-33-36(53-37)15-10-16-39(33)56(46(60)63-48(4,5)6)27-30-19-24-41(58)52-30/h8-9,11-14,17,20-22,29-30,39H,10,15-16,18-19,23-27H2,1-7H3,(H,51,57)(H,52,58)/t29-,30-,39-/m0/s1. The average molecular weight is 900 g/mol. The number of carbonyl (C=O) groups excluding carboxylic acids is 4. The Kier molecular flexibility index (Phi) is 13.6. The van der Waals surface area contributed by atoms with Crippen molar-refractivity contribution in [2.75, 3.05) is 20.2 Å². The van der Waals surface area contributed by atoms with Crippen LogP contribution in [0.4, 0.5) is 9.59 Å². The largest absolute Gasteiger partial charge is 0.481 e. The number of hydrogen-bond acceptors (Lipinski definition) is 9. The van der Waals surface area contributed by atoms with Crippen molar-refractivity contribution in [1.82, 2.24) is 30.4 Å². The van der Waals surface area contributed by atoms with Gasteiger partial charge >= 0.3 is 12.2 Å². The first-order valence-corrected chi connectivity index (χ1v) is 22.3. The molecule has 2 aromatic heterocycles. The van der Waals surface area contributed by atoms with E-state index in [4.69, 9.17) is 47.4 Å². The van der Waals surface area contributed by atoms with E-state index in [0.29, 0.717) is 81.8 Å². The van der Waals surface area contributed by atoms with Crippen LogP contribution in [0.25, 0.3) is 33.6 Å². The topological polar surface area (TPSA) is 152 Å². The Bertz CT molecular complexity index is 2400. The Hall–Kier alpha value is -5.40. The summed E-state index contributed by atoms with van der Waals surface area (Å²) in [4.78, 5) is 64.4. The number of fused-ring (bicyclic) bond motifs is 1. The number of aryl methyl sites for hydroxylation is 1. The van der Waals surface area contributed by atoms with Gasteiger partial charge < -0.3 is 29.7 Å². The second-order valence-corrected chi connectivity index (χ2v) is 19.2. The molecule has 2 aromatic carbocycles. The normalized spacial score (nSPS) is 18.6. The summed E-state index contributed by atoms with van der Waals surface area (Å²) in [6.07, 6.45) is 3.52. The highest BCUT2D eigenvalue weighted by Gasteiger charge is 2.36.